The molecule has 1 atom stereocenters. The molecule has 11 heteroatoms. The maximum atomic E-state index is 13.7. The van der Waals surface area contributed by atoms with Gasteiger partial charge in [0.2, 0.25) is 5.91 Å². The van der Waals surface area contributed by atoms with E-state index in [1.54, 1.807) is 6.07 Å². The summed E-state index contributed by atoms with van der Waals surface area (Å²) in [5.41, 5.74) is 2.23. The van der Waals surface area contributed by atoms with Crippen LogP contribution in [0.3, 0.4) is 0 Å². The number of urea groups is 1. The maximum Gasteiger partial charge on any atom is 0.414 e. The fraction of sp³-hybridized carbons (Fsp3) is 0.538. The Hall–Kier alpha value is -3.47. The molecule has 3 saturated heterocycles. The molecule has 5 rings (SSSR count). The lowest BCUT2D eigenvalue weighted by atomic mass is 9.89. The Bertz CT molecular complexity index is 1150. The molecule has 3 aliphatic rings. The summed E-state index contributed by atoms with van der Waals surface area (Å²) in [6.45, 7) is 4.40. The maximum absolute atomic E-state index is 13.7. The number of rotatable bonds is 6. The molecule has 0 spiro atoms. The minimum Gasteiger partial charge on any atom is -0.473 e. The number of hydrogen-bond donors (Lipinski definition) is 3. The third-order valence-electron chi connectivity index (χ3n) is 7.56. The van der Waals surface area contributed by atoms with Gasteiger partial charge in [0.1, 0.15) is 5.82 Å². The van der Waals surface area contributed by atoms with Gasteiger partial charge < -0.3 is 25.0 Å². The number of amides is 3. The molecule has 0 aliphatic carbocycles. The first kappa shape index (κ1) is 26.6. The molecular formula is C26H33FN4O6. The van der Waals surface area contributed by atoms with E-state index in [9.17, 15) is 14.0 Å². The molecule has 0 saturated carbocycles. The van der Waals surface area contributed by atoms with Gasteiger partial charge in [-0.25, -0.2) is 18.8 Å². The average molecular weight is 517 g/mol. The summed E-state index contributed by atoms with van der Waals surface area (Å²) in [6, 6.07) is 5.02. The van der Waals surface area contributed by atoms with E-state index in [1.165, 1.54) is 16.5 Å². The van der Waals surface area contributed by atoms with Crippen LogP contribution in [-0.4, -0.2) is 92.5 Å². The second-order valence-corrected chi connectivity index (χ2v) is 9.89. The minimum absolute atomic E-state index is 0.00382. The van der Waals surface area contributed by atoms with E-state index in [4.69, 9.17) is 19.8 Å². The van der Waals surface area contributed by atoms with Gasteiger partial charge in [-0.15, -0.1) is 0 Å². The van der Waals surface area contributed by atoms with Crippen molar-refractivity contribution in [1.29, 1.82) is 0 Å². The molecular weight excluding hydrogens is 483 g/mol. The lowest BCUT2D eigenvalue weighted by Crippen LogP contribution is -2.54. The smallest absolute Gasteiger partial charge is 0.414 e. The van der Waals surface area contributed by atoms with E-state index >= 15 is 0 Å². The largest absolute Gasteiger partial charge is 0.473 e. The van der Waals surface area contributed by atoms with Crippen molar-refractivity contribution in [1.82, 2.24) is 19.7 Å². The number of aromatic amines is 1. The van der Waals surface area contributed by atoms with Gasteiger partial charge in [-0.3, -0.25) is 9.69 Å². The molecule has 1 aromatic heterocycles. The van der Waals surface area contributed by atoms with Crippen LogP contribution in [0, 0.1) is 5.82 Å². The molecule has 1 aromatic carbocycles. The minimum atomic E-state index is -1.82. The number of halogens is 1. The lowest BCUT2D eigenvalue weighted by Gasteiger charge is -2.36. The van der Waals surface area contributed by atoms with Gasteiger partial charge in [0.05, 0.1) is 0 Å². The summed E-state index contributed by atoms with van der Waals surface area (Å²) in [6.07, 6.45) is 8.52. The predicted molar refractivity (Wildman–Crippen MR) is 133 cm³/mol. The zero-order chi connectivity index (χ0) is 26.5. The van der Waals surface area contributed by atoms with Crippen LogP contribution in [0.2, 0.25) is 0 Å². The molecule has 3 amide bonds. The number of nitrogens with one attached hydrogen (secondary N) is 1. The van der Waals surface area contributed by atoms with Crippen LogP contribution in [0.4, 0.5) is 9.18 Å². The van der Waals surface area contributed by atoms with Gasteiger partial charge in [0.25, 0.3) is 0 Å². The van der Waals surface area contributed by atoms with Gasteiger partial charge in [-0.2, -0.15) is 0 Å². The predicted octanol–water partition coefficient (Wildman–Crippen LogP) is 3.24. The quantitative estimate of drug-likeness (QED) is 0.396. The first-order valence-corrected chi connectivity index (χ1v) is 12.8. The van der Waals surface area contributed by atoms with Crippen LogP contribution in [0.1, 0.15) is 56.4 Å². The number of benzene rings is 1. The molecule has 1 unspecified atom stereocenters. The number of piperidine rings is 1. The highest BCUT2D eigenvalue weighted by molar-refractivity contribution is 6.27. The van der Waals surface area contributed by atoms with Crippen LogP contribution in [0.15, 0.2) is 24.4 Å². The Balaban J connectivity index is 0.000000480. The van der Waals surface area contributed by atoms with Crippen molar-refractivity contribution in [3.63, 3.8) is 0 Å². The highest BCUT2D eigenvalue weighted by Crippen LogP contribution is 2.33. The molecule has 3 aliphatic heterocycles. The summed E-state index contributed by atoms with van der Waals surface area (Å²) in [7, 11) is 0. The number of unbranched alkanes of at least 4 members (excludes halogenated alkanes) is 1. The third-order valence-corrected chi connectivity index (χ3v) is 7.56. The zero-order valence-electron chi connectivity index (χ0n) is 20.7. The molecule has 200 valence electrons. The second kappa shape index (κ2) is 11.7. The highest BCUT2D eigenvalue weighted by atomic mass is 19.1. The van der Waals surface area contributed by atoms with Crippen molar-refractivity contribution >= 4 is 34.8 Å². The van der Waals surface area contributed by atoms with E-state index in [1.807, 2.05) is 17.2 Å². The van der Waals surface area contributed by atoms with Gasteiger partial charge in [0.15, 0.2) is 0 Å². The SMILES string of the molecule is O=C(O)C(=O)O.O=C1CC2CCCN2C(=O)N1CCCCN1CCC(c2c[nH]c3ccc(F)cc23)CC1. The van der Waals surface area contributed by atoms with Crippen LogP contribution in [-0.2, 0) is 14.4 Å². The van der Waals surface area contributed by atoms with E-state index in [0.717, 1.165) is 75.6 Å². The Kier molecular flexibility index (Phi) is 8.42. The topological polar surface area (TPSA) is 134 Å². The number of fused-ring (bicyclic) bond motifs is 2. The van der Waals surface area contributed by atoms with Gasteiger partial charge in [-0.1, -0.05) is 0 Å². The van der Waals surface area contributed by atoms with Crippen molar-refractivity contribution in [3.05, 3.63) is 35.8 Å². The van der Waals surface area contributed by atoms with Crippen molar-refractivity contribution in [2.75, 3.05) is 32.7 Å². The fourth-order valence-corrected chi connectivity index (χ4v) is 5.62. The Morgan fingerprint density at radius 2 is 1.70 bits per heavy atom. The molecule has 37 heavy (non-hydrogen) atoms. The van der Waals surface area contributed by atoms with Crippen molar-refractivity contribution in [3.8, 4) is 0 Å². The monoisotopic (exact) mass is 516 g/mol. The highest BCUT2D eigenvalue weighted by Gasteiger charge is 2.40. The number of aliphatic carboxylic acids is 2. The Morgan fingerprint density at radius 3 is 2.41 bits per heavy atom. The molecule has 3 fully saturated rings. The van der Waals surface area contributed by atoms with Crippen molar-refractivity contribution in [2.24, 2.45) is 0 Å². The Morgan fingerprint density at radius 1 is 1.00 bits per heavy atom. The van der Waals surface area contributed by atoms with Crippen molar-refractivity contribution in [2.45, 2.75) is 56.9 Å². The van der Waals surface area contributed by atoms with Gasteiger partial charge >= 0.3 is 18.0 Å². The number of likely N-dealkylation sites (tertiary alicyclic amines) is 1. The van der Waals surface area contributed by atoms with Crippen LogP contribution >= 0.6 is 0 Å². The second-order valence-electron chi connectivity index (χ2n) is 9.89. The number of carboxylic acids is 2. The zero-order valence-corrected chi connectivity index (χ0v) is 20.7. The average Bonchev–Trinajstić information content (AvgIpc) is 3.51. The van der Waals surface area contributed by atoms with Crippen LogP contribution < -0.4 is 0 Å². The summed E-state index contributed by atoms with van der Waals surface area (Å²) < 4.78 is 13.7. The van der Waals surface area contributed by atoms with Gasteiger partial charge in [-0.05, 0) is 87.8 Å². The number of carbonyl (C=O) groups excluding carboxylic acids is 2. The number of nitrogens with zero attached hydrogens (tertiary/aromatic N) is 3. The number of imide groups is 1. The number of carbonyl (C=O) groups is 4. The summed E-state index contributed by atoms with van der Waals surface area (Å²) in [5.74, 6) is -3.37. The third kappa shape index (κ3) is 6.27. The molecule has 4 heterocycles. The standard InChI is InChI=1S/C24H31FN4O2.C2H2O4/c25-18-5-6-22-20(14-18)21(16-26-22)17-7-12-27(13-8-17)9-1-2-10-29-23(30)15-19-4-3-11-28(19)24(29)31;3-1(4)2(5)6/h5-6,14,16-17,19,26H,1-4,7-13,15H2;(H,3,4)(H,5,6). The number of H-pyrrole nitrogens is 1. The lowest BCUT2D eigenvalue weighted by molar-refractivity contribution is -0.159. The molecule has 10 nitrogen and oxygen atoms in total. The number of aromatic nitrogens is 1. The summed E-state index contributed by atoms with van der Waals surface area (Å²) in [5, 5.41) is 15.8. The molecule has 0 radical (unpaired) electrons. The first-order valence-electron chi connectivity index (χ1n) is 12.8. The first-order chi connectivity index (χ1) is 17.7. The van der Waals surface area contributed by atoms with Gasteiger partial charge in [0, 0.05) is 42.7 Å². The van der Waals surface area contributed by atoms with Crippen LogP contribution in [0.5, 0.6) is 0 Å². The van der Waals surface area contributed by atoms with E-state index < -0.39 is 11.9 Å². The number of hydrogen-bond acceptors (Lipinski definition) is 5. The fourth-order valence-electron chi connectivity index (χ4n) is 5.62. The summed E-state index contributed by atoms with van der Waals surface area (Å²) >= 11 is 0. The van der Waals surface area contributed by atoms with E-state index in [-0.39, 0.29) is 23.8 Å². The summed E-state index contributed by atoms with van der Waals surface area (Å²) in [4.78, 5) is 52.2. The molecule has 3 N–H and O–H groups in total. The van der Waals surface area contributed by atoms with Crippen LogP contribution in [0.25, 0.3) is 10.9 Å². The van der Waals surface area contributed by atoms with Crippen molar-refractivity contribution < 1.29 is 33.8 Å². The van der Waals surface area contributed by atoms with E-state index in [2.05, 4.69) is 9.88 Å². The normalized spacial score (nSPS) is 20.6. The molecule has 2 aromatic rings. The Labute approximate surface area is 214 Å². The van der Waals surface area contributed by atoms with E-state index in [0.29, 0.717) is 18.9 Å². The molecule has 0 bridgehead atoms. The number of carboxylic acid groups (broad SMARTS) is 2.